The molecule has 0 amide bonds. The third-order valence-electron chi connectivity index (χ3n) is 2.89. The highest BCUT2D eigenvalue weighted by Gasteiger charge is 2.07. The zero-order valence-corrected chi connectivity index (χ0v) is 10.9. The number of nitrogen functional groups attached to an aromatic ring is 1. The van der Waals surface area contributed by atoms with Crippen molar-refractivity contribution < 1.29 is 9.84 Å². The molecule has 5 nitrogen and oxygen atoms in total. The lowest BCUT2D eigenvalue weighted by Crippen LogP contribution is -2.35. The number of aliphatic hydroxyl groups excluding tert-OH is 1. The molecule has 100 valence electrons. The van der Waals surface area contributed by atoms with Crippen LogP contribution in [0.15, 0.2) is 24.3 Å². The molecule has 0 saturated carbocycles. The molecule has 0 spiro atoms. The molecule has 0 aliphatic carbocycles. The largest absolute Gasteiger partial charge is 0.492 e. The molecule has 0 radical (unpaired) electrons. The van der Waals surface area contributed by atoms with E-state index < -0.39 is 0 Å². The minimum absolute atomic E-state index is 0.0538. The van der Waals surface area contributed by atoms with Crippen LogP contribution >= 0.6 is 0 Å². The van der Waals surface area contributed by atoms with Gasteiger partial charge in [-0.3, -0.25) is 10.3 Å². The van der Waals surface area contributed by atoms with E-state index in [-0.39, 0.29) is 18.5 Å². The molecule has 0 aliphatic heterocycles. The first-order valence-electron chi connectivity index (χ1n) is 5.93. The standard InChI is InChI=1S/C13H21N3O2/c1-10(9-17)16(2)7-8-18-12-5-3-11(4-6-12)13(14)15/h3-6,10,17H,7-9H2,1-2H3,(H3,14,15). The van der Waals surface area contributed by atoms with E-state index in [1.165, 1.54) is 0 Å². The lowest BCUT2D eigenvalue weighted by Gasteiger charge is -2.22. The van der Waals surface area contributed by atoms with E-state index in [1.807, 2.05) is 18.9 Å². The summed E-state index contributed by atoms with van der Waals surface area (Å²) in [5.74, 6) is 0.808. The zero-order valence-electron chi connectivity index (χ0n) is 10.9. The molecule has 0 aliphatic rings. The van der Waals surface area contributed by atoms with Gasteiger partial charge in [-0.2, -0.15) is 0 Å². The number of hydrogen-bond donors (Lipinski definition) is 3. The van der Waals surface area contributed by atoms with Crippen LogP contribution < -0.4 is 10.5 Å². The van der Waals surface area contributed by atoms with Gasteiger partial charge in [0.2, 0.25) is 0 Å². The van der Waals surface area contributed by atoms with Crippen LogP contribution in [0.1, 0.15) is 12.5 Å². The SMILES string of the molecule is CC(CO)N(C)CCOc1ccc(C(=N)N)cc1. The Hall–Kier alpha value is -1.59. The van der Waals surface area contributed by atoms with Gasteiger partial charge in [-0.15, -0.1) is 0 Å². The van der Waals surface area contributed by atoms with Crippen molar-refractivity contribution in [3.8, 4) is 5.75 Å². The fraction of sp³-hybridized carbons (Fsp3) is 0.462. The van der Waals surface area contributed by atoms with Crippen LogP contribution in [0.4, 0.5) is 0 Å². The van der Waals surface area contributed by atoms with Crippen molar-refractivity contribution in [2.45, 2.75) is 13.0 Å². The topological polar surface area (TPSA) is 82.6 Å². The number of amidine groups is 1. The van der Waals surface area contributed by atoms with E-state index in [0.717, 1.165) is 12.3 Å². The zero-order chi connectivity index (χ0) is 13.5. The van der Waals surface area contributed by atoms with Gasteiger partial charge in [0.1, 0.15) is 18.2 Å². The molecule has 1 atom stereocenters. The average Bonchev–Trinajstić information content (AvgIpc) is 2.38. The number of aliphatic hydroxyl groups is 1. The Labute approximate surface area is 108 Å². The van der Waals surface area contributed by atoms with Gasteiger partial charge >= 0.3 is 0 Å². The third kappa shape index (κ3) is 4.35. The Morgan fingerprint density at radius 2 is 2.06 bits per heavy atom. The van der Waals surface area contributed by atoms with E-state index in [2.05, 4.69) is 0 Å². The average molecular weight is 251 g/mol. The summed E-state index contributed by atoms with van der Waals surface area (Å²) in [4.78, 5) is 2.03. The highest BCUT2D eigenvalue weighted by Crippen LogP contribution is 2.11. The van der Waals surface area contributed by atoms with Gasteiger partial charge in [0, 0.05) is 18.2 Å². The number of hydrogen-bond acceptors (Lipinski definition) is 4. The molecule has 1 unspecified atom stereocenters. The summed E-state index contributed by atoms with van der Waals surface area (Å²) in [5.41, 5.74) is 6.05. The predicted molar refractivity (Wildman–Crippen MR) is 72.1 cm³/mol. The van der Waals surface area contributed by atoms with Gasteiger partial charge in [0.05, 0.1) is 6.61 Å². The molecular formula is C13H21N3O2. The number of rotatable bonds is 7. The number of ether oxygens (including phenoxy) is 1. The molecule has 1 aromatic rings. The Balaban J connectivity index is 2.38. The molecule has 1 aromatic carbocycles. The van der Waals surface area contributed by atoms with Crippen LogP contribution in [0.5, 0.6) is 5.75 Å². The van der Waals surface area contributed by atoms with Crippen LogP contribution in [-0.2, 0) is 0 Å². The molecule has 0 aromatic heterocycles. The molecule has 0 heterocycles. The van der Waals surface area contributed by atoms with Crippen LogP contribution in [0.2, 0.25) is 0 Å². The number of nitrogens with one attached hydrogen (secondary N) is 1. The Kier molecular flexibility index (Phi) is 5.61. The van der Waals surface area contributed by atoms with Crippen LogP contribution in [0.3, 0.4) is 0 Å². The quantitative estimate of drug-likeness (QED) is 0.491. The molecule has 4 N–H and O–H groups in total. The first kappa shape index (κ1) is 14.5. The van der Waals surface area contributed by atoms with Gasteiger partial charge in [-0.05, 0) is 38.2 Å². The fourth-order valence-corrected chi connectivity index (χ4v) is 1.40. The van der Waals surface area contributed by atoms with Crippen molar-refractivity contribution >= 4 is 5.84 Å². The summed E-state index contributed by atoms with van der Waals surface area (Å²) < 4.78 is 5.57. The summed E-state index contributed by atoms with van der Waals surface area (Å²) in [6.07, 6.45) is 0. The molecule has 18 heavy (non-hydrogen) atoms. The summed E-state index contributed by atoms with van der Waals surface area (Å²) in [7, 11) is 1.95. The Bertz CT molecular complexity index is 378. The molecular weight excluding hydrogens is 230 g/mol. The van der Waals surface area contributed by atoms with E-state index in [0.29, 0.717) is 12.2 Å². The van der Waals surface area contributed by atoms with Crippen molar-refractivity contribution in [1.82, 2.24) is 4.90 Å². The lowest BCUT2D eigenvalue weighted by atomic mass is 10.2. The van der Waals surface area contributed by atoms with E-state index in [1.54, 1.807) is 24.3 Å². The minimum Gasteiger partial charge on any atom is -0.492 e. The van der Waals surface area contributed by atoms with Gasteiger partial charge in [0.15, 0.2) is 0 Å². The molecule has 0 saturated heterocycles. The maximum Gasteiger partial charge on any atom is 0.122 e. The highest BCUT2D eigenvalue weighted by molar-refractivity contribution is 5.94. The maximum absolute atomic E-state index is 8.99. The monoisotopic (exact) mass is 251 g/mol. The molecule has 5 heteroatoms. The van der Waals surface area contributed by atoms with Gasteiger partial charge in [-0.25, -0.2) is 0 Å². The van der Waals surface area contributed by atoms with Gasteiger partial charge in [-0.1, -0.05) is 0 Å². The fourth-order valence-electron chi connectivity index (χ4n) is 1.40. The predicted octanol–water partition coefficient (Wildman–Crippen LogP) is 0.662. The number of nitrogens with zero attached hydrogens (tertiary/aromatic N) is 1. The number of nitrogens with two attached hydrogens (primary N) is 1. The third-order valence-corrected chi connectivity index (χ3v) is 2.89. The van der Waals surface area contributed by atoms with E-state index >= 15 is 0 Å². The van der Waals surface area contributed by atoms with Gasteiger partial charge < -0.3 is 15.6 Å². The van der Waals surface area contributed by atoms with Gasteiger partial charge in [0.25, 0.3) is 0 Å². The number of benzene rings is 1. The minimum atomic E-state index is 0.0538. The molecule has 1 rings (SSSR count). The second-order valence-corrected chi connectivity index (χ2v) is 4.30. The highest BCUT2D eigenvalue weighted by atomic mass is 16.5. The summed E-state index contributed by atoms with van der Waals surface area (Å²) in [6.45, 7) is 3.40. The Morgan fingerprint density at radius 3 is 2.56 bits per heavy atom. The summed E-state index contributed by atoms with van der Waals surface area (Å²) >= 11 is 0. The Morgan fingerprint density at radius 1 is 1.44 bits per heavy atom. The molecule has 0 fully saturated rings. The van der Waals surface area contributed by atoms with Crippen LogP contribution in [0.25, 0.3) is 0 Å². The van der Waals surface area contributed by atoms with Crippen molar-refractivity contribution in [3.63, 3.8) is 0 Å². The summed E-state index contributed by atoms with van der Waals surface area (Å²) in [5, 5.41) is 16.3. The first-order chi connectivity index (χ1) is 8.54. The number of likely N-dealkylation sites (N-methyl/N-ethyl adjacent to an activating group) is 1. The van der Waals surface area contributed by atoms with E-state index in [9.17, 15) is 0 Å². The van der Waals surface area contributed by atoms with Crippen molar-refractivity contribution in [3.05, 3.63) is 29.8 Å². The van der Waals surface area contributed by atoms with Crippen LogP contribution in [-0.4, -0.2) is 48.7 Å². The smallest absolute Gasteiger partial charge is 0.122 e. The maximum atomic E-state index is 8.99. The second kappa shape index (κ2) is 6.98. The molecule has 0 bridgehead atoms. The van der Waals surface area contributed by atoms with Crippen molar-refractivity contribution in [2.24, 2.45) is 5.73 Å². The van der Waals surface area contributed by atoms with Crippen molar-refractivity contribution in [2.75, 3.05) is 26.8 Å². The lowest BCUT2D eigenvalue weighted by molar-refractivity contribution is 0.140. The van der Waals surface area contributed by atoms with Crippen molar-refractivity contribution in [1.29, 1.82) is 5.41 Å². The summed E-state index contributed by atoms with van der Waals surface area (Å²) in [6, 6.07) is 7.25. The first-order valence-corrected chi connectivity index (χ1v) is 5.93. The normalized spacial score (nSPS) is 12.4. The second-order valence-electron chi connectivity index (χ2n) is 4.30. The van der Waals surface area contributed by atoms with E-state index in [4.69, 9.17) is 21.0 Å². The van der Waals surface area contributed by atoms with Crippen LogP contribution in [0, 0.1) is 5.41 Å².